The first-order chi connectivity index (χ1) is 8.58. The van der Waals surface area contributed by atoms with Gasteiger partial charge in [-0.05, 0) is 43.9 Å². The van der Waals surface area contributed by atoms with Crippen LogP contribution < -0.4 is 10.6 Å². The molecule has 2 N–H and O–H groups in total. The largest absolute Gasteiger partial charge is 0.355 e. The van der Waals surface area contributed by atoms with E-state index in [9.17, 15) is 4.79 Å². The van der Waals surface area contributed by atoms with Crippen LogP contribution in [0.15, 0.2) is 12.1 Å². The fourth-order valence-corrected chi connectivity index (χ4v) is 2.53. The third-order valence-corrected chi connectivity index (χ3v) is 3.67. The summed E-state index contributed by atoms with van der Waals surface area (Å²) in [7, 11) is 0. The summed E-state index contributed by atoms with van der Waals surface area (Å²) in [6, 6.07) is 4.42. The van der Waals surface area contributed by atoms with Crippen LogP contribution >= 0.6 is 12.4 Å². The molecule has 0 radical (unpaired) electrons. The first kappa shape index (κ1) is 16.0. The average Bonchev–Trinajstić information content (AvgIpc) is 2.19. The molecule has 1 fully saturated rings. The highest BCUT2D eigenvalue weighted by molar-refractivity contribution is 5.85. The summed E-state index contributed by atoms with van der Waals surface area (Å²) >= 11 is 0. The zero-order valence-corrected chi connectivity index (χ0v) is 12.7. The summed E-state index contributed by atoms with van der Waals surface area (Å²) in [5.41, 5.74) is 5.32. The molecule has 1 aromatic rings. The van der Waals surface area contributed by atoms with E-state index in [0.717, 1.165) is 26.1 Å². The number of aryl methyl sites for hydroxylation is 3. The second kappa shape index (κ2) is 6.92. The van der Waals surface area contributed by atoms with Crippen molar-refractivity contribution in [2.75, 3.05) is 19.6 Å². The maximum atomic E-state index is 11.7. The fraction of sp³-hybridized carbons (Fsp3) is 0.533. The van der Waals surface area contributed by atoms with Gasteiger partial charge in [-0.15, -0.1) is 12.4 Å². The number of hydrogen-bond acceptors (Lipinski definition) is 2. The van der Waals surface area contributed by atoms with Gasteiger partial charge in [0.25, 0.3) is 0 Å². The quantitative estimate of drug-likeness (QED) is 0.886. The first-order valence-electron chi connectivity index (χ1n) is 6.63. The van der Waals surface area contributed by atoms with E-state index in [1.807, 2.05) is 0 Å². The molecule has 106 valence electrons. The van der Waals surface area contributed by atoms with Gasteiger partial charge in [-0.25, -0.2) is 0 Å². The number of hydrogen-bond donors (Lipinski definition) is 2. The SMILES string of the molecule is Cc1cc(C)c(CCNC(=O)C2CNC2)c(C)c1.Cl. The maximum absolute atomic E-state index is 11.7. The molecule has 19 heavy (non-hydrogen) atoms. The van der Waals surface area contributed by atoms with Crippen LogP contribution in [0.2, 0.25) is 0 Å². The van der Waals surface area contributed by atoms with E-state index in [-0.39, 0.29) is 24.2 Å². The number of amides is 1. The normalized spacial score (nSPS) is 14.5. The Morgan fingerprint density at radius 1 is 1.26 bits per heavy atom. The van der Waals surface area contributed by atoms with Crippen LogP contribution in [0.5, 0.6) is 0 Å². The maximum Gasteiger partial charge on any atom is 0.225 e. The monoisotopic (exact) mass is 282 g/mol. The lowest BCUT2D eigenvalue weighted by Crippen LogP contribution is -2.51. The van der Waals surface area contributed by atoms with Crippen molar-refractivity contribution in [3.63, 3.8) is 0 Å². The predicted octanol–water partition coefficient (Wildman–Crippen LogP) is 1.91. The number of benzene rings is 1. The van der Waals surface area contributed by atoms with Gasteiger partial charge in [0.15, 0.2) is 0 Å². The minimum absolute atomic E-state index is 0. The van der Waals surface area contributed by atoms with Crippen LogP contribution in [0.25, 0.3) is 0 Å². The van der Waals surface area contributed by atoms with Crippen LogP contribution in [0.1, 0.15) is 22.3 Å². The van der Waals surface area contributed by atoms with Crippen molar-refractivity contribution in [1.82, 2.24) is 10.6 Å². The Kier molecular flexibility index (Phi) is 5.83. The molecule has 0 saturated carbocycles. The number of halogens is 1. The van der Waals surface area contributed by atoms with Gasteiger partial charge in [-0.2, -0.15) is 0 Å². The molecule has 4 heteroatoms. The summed E-state index contributed by atoms with van der Waals surface area (Å²) in [4.78, 5) is 11.7. The highest BCUT2D eigenvalue weighted by Crippen LogP contribution is 2.16. The molecule has 1 aliphatic heterocycles. The molecule has 1 heterocycles. The number of carbonyl (C=O) groups excluding carboxylic acids is 1. The van der Waals surface area contributed by atoms with E-state index >= 15 is 0 Å². The third kappa shape index (κ3) is 3.95. The molecule has 1 aliphatic rings. The Labute approximate surface area is 121 Å². The number of nitrogens with one attached hydrogen (secondary N) is 2. The van der Waals surface area contributed by atoms with Crippen LogP contribution in [0.3, 0.4) is 0 Å². The van der Waals surface area contributed by atoms with E-state index in [2.05, 4.69) is 43.5 Å². The van der Waals surface area contributed by atoms with Crippen LogP contribution in [0, 0.1) is 26.7 Å². The standard InChI is InChI=1S/C15H22N2O.ClH/c1-10-6-11(2)14(12(3)7-10)4-5-17-15(18)13-8-16-9-13;/h6-7,13,16H,4-5,8-9H2,1-3H3,(H,17,18);1H. The lowest BCUT2D eigenvalue weighted by molar-refractivity contribution is -0.126. The van der Waals surface area contributed by atoms with Gasteiger partial charge in [0.05, 0.1) is 5.92 Å². The third-order valence-electron chi connectivity index (χ3n) is 3.67. The lowest BCUT2D eigenvalue weighted by atomic mass is 9.97. The Morgan fingerprint density at radius 2 is 1.84 bits per heavy atom. The van der Waals surface area contributed by atoms with Crippen molar-refractivity contribution in [3.05, 3.63) is 34.4 Å². The molecule has 0 atom stereocenters. The second-order valence-corrected chi connectivity index (χ2v) is 5.27. The Balaban J connectivity index is 0.00000180. The van der Waals surface area contributed by atoms with Crippen LogP contribution in [-0.4, -0.2) is 25.5 Å². The van der Waals surface area contributed by atoms with Crippen molar-refractivity contribution in [2.24, 2.45) is 5.92 Å². The van der Waals surface area contributed by atoms with Gasteiger partial charge in [-0.1, -0.05) is 17.7 Å². The van der Waals surface area contributed by atoms with Crippen LogP contribution in [0.4, 0.5) is 0 Å². The summed E-state index contributed by atoms with van der Waals surface area (Å²) in [5.74, 6) is 0.376. The first-order valence-corrected chi connectivity index (χ1v) is 6.63. The van der Waals surface area contributed by atoms with Gasteiger partial charge in [0, 0.05) is 19.6 Å². The predicted molar refractivity (Wildman–Crippen MR) is 81.0 cm³/mol. The zero-order chi connectivity index (χ0) is 13.1. The smallest absolute Gasteiger partial charge is 0.225 e. The molecule has 0 aromatic heterocycles. The Hall–Kier alpha value is -1.06. The van der Waals surface area contributed by atoms with Gasteiger partial charge < -0.3 is 10.6 Å². The number of rotatable bonds is 4. The molecule has 0 unspecified atom stereocenters. The molecule has 0 spiro atoms. The summed E-state index contributed by atoms with van der Waals surface area (Å²) in [5, 5.41) is 6.14. The molecule has 3 nitrogen and oxygen atoms in total. The van der Waals surface area contributed by atoms with Crippen molar-refractivity contribution < 1.29 is 4.79 Å². The molecular formula is C15H23ClN2O. The highest BCUT2D eigenvalue weighted by atomic mass is 35.5. The average molecular weight is 283 g/mol. The lowest BCUT2D eigenvalue weighted by Gasteiger charge is -2.25. The molecule has 2 rings (SSSR count). The van der Waals surface area contributed by atoms with E-state index in [1.54, 1.807) is 0 Å². The minimum Gasteiger partial charge on any atom is -0.355 e. The summed E-state index contributed by atoms with van der Waals surface area (Å²) < 4.78 is 0. The van der Waals surface area contributed by atoms with Crippen molar-refractivity contribution in [1.29, 1.82) is 0 Å². The van der Waals surface area contributed by atoms with E-state index in [0.29, 0.717) is 0 Å². The van der Waals surface area contributed by atoms with Gasteiger partial charge in [0.2, 0.25) is 5.91 Å². The minimum atomic E-state index is 0. The van der Waals surface area contributed by atoms with E-state index in [1.165, 1.54) is 22.3 Å². The van der Waals surface area contributed by atoms with Crippen molar-refractivity contribution in [3.8, 4) is 0 Å². The van der Waals surface area contributed by atoms with Crippen molar-refractivity contribution in [2.45, 2.75) is 27.2 Å². The molecule has 0 bridgehead atoms. The molecule has 1 aromatic carbocycles. The molecule has 1 saturated heterocycles. The second-order valence-electron chi connectivity index (χ2n) is 5.27. The summed E-state index contributed by atoms with van der Waals surface area (Å²) in [6.45, 7) is 8.80. The topological polar surface area (TPSA) is 41.1 Å². The van der Waals surface area contributed by atoms with E-state index in [4.69, 9.17) is 0 Å². The molecule has 1 amide bonds. The molecular weight excluding hydrogens is 260 g/mol. The molecule has 0 aliphatic carbocycles. The van der Waals surface area contributed by atoms with Crippen LogP contribution in [-0.2, 0) is 11.2 Å². The van der Waals surface area contributed by atoms with Gasteiger partial charge in [0.1, 0.15) is 0 Å². The van der Waals surface area contributed by atoms with E-state index < -0.39 is 0 Å². The number of carbonyl (C=O) groups is 1. The fourth-order valence-electron chi connectivity index (χ4n) is 2.53. The van der Waals surface area contributed by atoms with Gasteiger partial charge >= 0.3 is 0 Å². The summed E-state index contributed by atoms with van der Waals surface area (Å²) in [6.07, 6.45) is 0.920. The Bertz CT molecular complexity index is 432. The van der Waals surface area contributed by atoms with Gasteiger partial charge in [-0.3, -0.25) is 4.79 Å². The zero-order valence-electron chi connectivity index (χ0n) is 11.9. The highest BCUT2D eigenvalue weighted by Gasteiger charge is 2.24. The Morgan fingerprint density at radius 3 is 2.32 bits per heavy atom. The van der Waals surface area contributed by atoms with Crippen molar-refractivity contribution >= 4 is 18.3 Å².